The summed E-state index contributed by atoms with van der Waals surface area (Å²) in [4.78, 5) is 0. The van der Waals surface area contributed by atoms with Crippen molar-refractivity contribution in [3.63, 3.8) is 0 Å². The smallest absolute Gasteiger partial charge is 0.0624 e. The zero-order valence-electron chi connectivity index (χ0n) is 14.4. The minimum absolute atomic E-state index is 0.0700. The Morgan fingerprint density at radius 1 is 1.33 bits per heavy atom. The fourth-order valence-electron chi connectivity index (χ4n) is 3.78. The first-order valence-corrected chi connectivity index (χ1v) is 8.42. The summed E-state index contributed by atoms with van der Waals surface area (Å²) < 4.78 is 2.01. The normalized spacial score (nSPS) is 27.0. The van der Waals surface area contributed by atoms with E-state index in [1.54, 1.807) is 0 Å². The molecule has 21 heavy (non-hydrogen) atoms. The molecule has 0 aliphatic heterocycles. The van der Waals surface area contributed by atoms with Crippen molar-refractivity contribution in [2.45, 2.75) is 66.2 Å². The highest BCUT2D eigenvalue weighted by Crippen LogP contribution is 2.46. The molecule has 1 aliphatic rings. The summed E-state index contributed by atoms with van der Waals surface area (Å²) in [5.41, 5.74) is 2.89. The van der Waals surface area contributed by atoms with Crippen LogP contribution in [0.5, 0.6) is 0 Å². The molecule has 3 heteroatoms. The third-order valence-corrected chi connectivity index (χ3v) is 5.55. The van der Waals surface area contributed by atoms with E-state index >= 15 is 0 Å². The molecule has 1 saturated carbocycles. The van der Waals surface area contributed by atoms with Crippen LogP contribution >= 0.6 is 0 Å². The third kappa shape index (κ3) is 3.68. The number of aromatic nitrogens is 2. The topological polar surface area (TPSA) is 38.0 Å². The van der Waals surface area contributed by atoms with Gasteiger partial charge in [-0.2, -0.15) is 5.10 Å². The lowest BCUT2D eigenvalue weighted by molar-refractivity contribution is 0.0356. The molecule has 1 fully saturated rings. The average molecular weight is 292 g/mol. The van der Waals surface area contributed by atoms with Crippen LogP contribution in [0.4, 0.5) is 0 Å². The molecule has 1 heterocycles. The minimum Gasteiger partial charge on any atom is -0.396 e. The number of aryl methyl sites for hydroxylation is 2. The van der Waals surface area contributed by atoms with Gasteiger partial charge in [-0.3, -0.25) is 4.68 Å². The average Bonchev–Trinajstić information content (AvgIpc) is 2.79. The first-order chi connectivity index (χ1) is 9.79. The minimum atomic E-state index is 0.0700. The molecule has 0 unspecified atom stereocenters. The second-order valence-electron chi connectivity index (χ2n) is 8.08. The molecule has 1 aromatic rings. The first-order valence-electron chi connectivity index (χ1n) is 8.42. The van der Waals surface area contributed by atoms with Crippen LogP contribution in [0.25, 0.3) is 0 Å². The molecule has 1 aliphatic carbocycles. The van der Waals surface area contributed by atoms with E-state index in [-0.39, 0.29) is 5.41 Å². The van der Waals surface area contributed by atoms with Gasteiger partial charge in [0.25, 0.3) is 0 Å². The Morgan fingerprint density at radius 3 is 2.38 bits per heavy atom. The van der Waals surface area contributed by atoms with E-state index in [4.69, 9.17) is 0 Å². The Labute approximate surface area is 129 Å². The highest BCUT2D eigenvalue weighted by molar-refractivity contribution is 5.13. The SMILES string of the molecule is CCc1cc(CC2(CO)CCC(C(C)(C)C)CC2)n(C)n1. The van der Waals surface area contributed by atoms with Gasteiger partial charge in [-0.25, -0.2) is 0 Å². The molecule has 0 atom stereocenters. The van der Waals surface area contributed by atoms with Crippen LogP contribution in [0.15, 0.2) is 6.07 Å². The van der Waals surface area contributed by atoms with Crippen molar-refractivity contribution < 1.29 is 5.11 Å². The molecule has 120 valence electrons. The van der Waals surface area contributed by atoms with Gasteiger partial charge in [0.1, 0.15) is 0 Å². The Bertz CT molecular complexity index is 462. The van der Waals surface area contributed by atoms with E-state index in [0.717, 1.165) is 37.3 Å². The largest absolute Gasteiger partial charge is 0.396 e. The molecule has 0 radical (unpaired) electrons. The number of hydrogen-bond acceptors (Lipinski definition) is 2. The number of aliphatic hydroxyl groups excluding tert-OH is 1. The molecule has 0 spiro atoms. The summed E-state index contributed by atoms with van der Waals surface area (Å²) in [6.45, 7) is 9.48. The quantitative estimate of drug-likeness (QED) is 0.918. The van der Waals surface area contributed by atoms with Crippen LogP contribution in [-0.2, 0) is 19.9 Å². The zero-order valence-corrected chi connectivity index (χ0v) is 14.4. The van der Waals surface area contributed by atoms with Gasteiger partial charge in [0.2, 0.25) is 0 Å². The predicted octanol–water partition coefficient (Wildman–Crippen LogP) is 3.74. The Balaban J connectivity index is 2.08. The maximum Gasteiger partial charge on any atom is 0.0624 e. The van der Waals surface area contributed by atoms with Crippen molar-refractivity contribution >= 4 is 0 Å². The molecule has 1 N–H and O–H groups in total. The van der Waals surface area contributed by atoms with Crippen LogP contribution in [0.2, 0.25) is 0 Å². The maximum atomic E-state index is 10.0. The monoisotopic (exact) mass is 292 g/mol. The second-order valence-corrected chi connectivity index (χ2v) is 8.08. The molecule has 3 nitrogen and oxygen atoms in total. The number of nitrogens with zero attached hydrogens (tertiary/aromatic N) is 2. The summed E-state index contributed by atoms with van der Waals surface area (Å²) in [5, 5.41) is 14.6. The van der Waals surface area contributed by atoms with E-state index < -0.39 is 0 Å². The lowest BCUT2D eigenvalue weighted by Crippen LogP contribution is -2.37. The van der Waals surface area contributed by atoms with Crippen molar-refractivity contribution in [1.82, 2.24) is 9.78 Å². The van der Waals surface area contributed by atoms with Gasteiger partial charge in [0.05, 0.1) is 5.69 Å². The second kappa shape index (κ2) is 6.12. The lowest BCUT2D eigenvalue weighted by Gasteiger charge is -2.43. The van der Waals surface area contributed by atoms with Gasteiger partial charge in [-0.1, -0.05) is 27.7 Å². The van der Waals surface area contributed by atoms with Crippen molar-refractivity contribution in [1.29, 1.82) is 0 Å². The lowest BCUT2D eigenvalue weighted by atomic mass is 9.63. The van der Waals surface area contributed by atoms with Crippen LogP contribution in [-0.4, -0.2) is 21.5 Å². The number of hydrogen-bond donors (Lipinski definition) is 1. The van der Waals surface area contributed by atoms with Crippen molar-refractivity contribution in [3.05, 3.63) is 17.5 Å². The van der Waals surface area contributed by atoms with Crippen molar-refractivity contribution in [2.75, 3.05) is 6.61 Å². The van der Waals surface area contributed by atoms with Gasteiger partial charge in [0.15, 0.2) is 0 Å². The summed E-state index contributed by atoms with van der Waals surface area (Å²) in [5.74, 6) is 0.787. The fraction of sp³-hybridized carbons (Fsp3) is 0.833. The van der Waals surface area contributed by atoms with Gasteiger partial charge < -0.3 is 5.11 Å². The molecule has 2 rings (SSSR count). The Hall–Kier alpha value is -0.830. The van der Waals surface area contributed by atoms with Gasteiger partial charge in [-0.15, -0.1) is 0 Å². The van der Waals surface area contributed by atoms with Crippen LogP contribution in [0, 0.1) is 16.7 Å². The van der Waals surface area contributed by atoms with E-state index in [1.807, 2.05) is 11.7 Å². The fourth-order valence-corrected chi connectivity index (χ4v) is 3.78. The van der Waals surface area contributed by atoms with E-state index in [9.17, 15) is 5.11 Å². The van der Waals surface area contributed by atoms with Gasteiger partial charge >= 0.3 is 0 Å². The van der Waals surface area contributed by atoms with E-state index in [0.29, 0.717) is 12.0 Å². The number of rotatable bonds is 4. The van der Waals surface area contributed by atoms with Crippen molar-refractivity contribution in [2.24, 2.45) is 23.8 Å². The summed E-state index contributed by atoms with van der Waals surface area (Å²) in [6, 6.07) is 2.22. The van der Waals surface area contributed by atoms with Gasteiger partial charge in [-0.05, 0) is 61.3 Å². The van der Waals surface area contributed by atoms with E-state index in [2.05, 4.69) is 38.9 Å². The molecule has 0 bridgehead atoms. The molecule has 0 saturated heterocycles. The standard InChI is InChI=1S/C18H32N2O/c1-6-15-11-16(20(5)19-15)12-18(13-21)9-7-14(8-10-18)17(2,3)4/h11,14,21H,6-10,12-13H2,1-5H3. The summed E-state index contributed by atoms with van der Waals surface area (Å²) in [6.07, 6.45) is 6.69. The first kappa shape index (κ1) is 16.5. The number of aliphatic hydroxyl groups is 1. The van der Waals surface area contributed by atoms with Gasteiger partial charge in [0, 0.05) is 19.3 Å². The van der Waals surface area contributed by atoms with Crippen LogP contribution in [0.1, 0.15) is 64.8 Å². The van der Waals surface area contributed by atoms with E-state index in [1.165, 1.54) is 18.5 Å². The summed E-state index contributed by atoms with van der Waals surface area (Å²) in [7, 11) is 2.03. The predicted molar refractivity (Wildman–Crippen MR) is 87.2 cm³/mol. The van der Waals surface area contributed by atoms with Crippen LogP contribution in [0.3, 0.4) is 0 Å². The third-order valence-electron chi connectivity index (χ3n) is 5.55. The maximum absolute atomic E-state index is 10.0. The van der Waals surface area contributed by atoms with Crippen LogP contribution < -0.4 is 0 Å². The van der Waals surface area contributed by atoms with Crippen molar-refractivity contribution in [3.8, 4) is 0 Å². The molecular formula is C18H32N2O. The zero-order chi connectivity index (χ0) is 15.7. The molecular weight excluding hydrogens is 260 g/mol. The highest BCUT2D eigenvalue weighted by atomic mass is 16.3. The highest BCUT2D eigenvalue weighted by Gasteiger charge is 2.39. The molecule has 1 aromatic heterocycles. The Kier molecular flexibility index (Phi) is 4.82. The molecule has 0 amide bonds. The summed E-state index contributed by atoms with van der Waals surface area (Å²) >= 11 is 0. The Morgan fingerprint density at radius 2 is 1.95 bits per heavy atom. The molecule has 0 aromatic carbocycles.